The van der Waals surface area contributed by atoms with Gasteiger partial charge >= 0.3 is 0 Å². The van der Waals surface area contributed by atoms with Gasteiger partial charge < -0.3 is 11.1 Å². The largest absolute Gasteiger partial charge is 0.370 e. The highest BCUT2D eigenvalue weighted by Crippen LogP contribution is 2.28. The van der Waals surface area contributed by atoms with Gasteiger partial charge in [0.2, 0.25) is 0 Å². The Labute approximate surface area is 99.9 Å². The fraction of sp³-hybridized carbons (Fsp3) is 0.923. The molecule has 0 bridgehead atoms. The van der Waals surface area contributed by atoms with Crippen LogP contribution in [0, 0.1) is 11.8 Å². The molecule has 0 aliphatic heterocycles. The van der Waals surface area contributed by atoms with Crippen molar-refractivity contribution in [1.29, 1.82) is 0 Å². The topological polar surface area (TPSA) is 50.4 Å². The lowest BCUT2D eigenvalue weighted by molar-refractivity contribution is 0.296. The molecule has 0 radical (unpaired) electrons. The maximum absolute atomic E-state index is 5.84. The van der Waals surface area contributed by atoms with Crippen molar-refractivity contribution in [1.82, 2.24) is 5.32 Å². The van der Waals surface area contributed by atoms with Crippen molar-refractivity contribution in [3.63, 3.8) is 0 Å². The number of nitrogens with zero attached hydrogens (tertiary/aromatic N) is 1. The van der Waals surface area contributed by atoms with E-state index in [0.717, 1.165) is 18.4 Å². The molecule has 1 rings (SSSR count). The predicted molar refractivity (Wildman–Crippen MR) is 70.5 cm³/mol. The van der Waals surface area contributed by atoms with Crippen molar-refractivity contribution in [3.05, 3.63) is 0 Å². The fourth-order valence-electron chi connectivity index (χ4n) is 2.16. The quantitative estimate of drug-likeness (QED) is 0.560. The average Bonchev–Trinajstić information content (AvgIpc) is 2.14. The van der Waals surface area contributed by atoms with Crippen molar-refractivity contribution < 1.29 is 0 Å². The Bertz CT molecular complexity index is 232. The van der Waals surface area contributed by atoms with Crippen LogP contribution in [0.15, 0.2) is 4.99 Å². The zero-order chi connectivity index (χ0) is 12.2. The van der Waals surface area contributed by atoms with Crippen LogP contribution in [0.1, 0.15) is 53.4 Å². The normalized spacial score (nSPS) is 27.9. The molecule has 3 heteroatoms. The minimum absolute atomic E-state index is 0.00859. The maximum atomic E-state index is 5.84. The van der Waals surface area contributed by atoms with E-state index < -0.39 is 0 Å². The molecule has 3 nitrogen and oxygen atoms in total. The summed E-state index contributed by atoms with van der Waals surface area (Å²) in [5, 5.41) is 3.20. The Morgan fingerprint density at radius 1 is 1.25 bits per heavy atom. The molecular formula is C13H27N3. The first-order chi connectivity index (χ1) is 7.37. The van der Waals surface area contributed by atoms with Gasteiger partial charge in [0.1, 0.15) is 0 Å². The number of guanidine groups is 1. The van der Waals surface area contributed by atoms with E-state index in [0.29, 0.717) is 5.96 Å². The molecule has 1 aliphatic carbocycles. The highest BCUT2D eigenvalue weighted by Gasteiger charge is 2.18. The van der Waals surface area contributed by atoms with Crippen LogP contribution in [-0.4, -0.2) is 18.0 Å². The van der Waals surface area contributed by atoms with Crippen LogP contribution >= 0.6 is 0 Å². The molecule has 0 atom stereocenters. The first-order valence-corrected chi connectivity index (χ1v) is 6.45. The summed E-state index contributed by atoms with van der Waals surface area (Å²) < 4.78 is 0. The summed E-state index contributed by atoms with van der Waals surface area (Å²) in [6, 6.07) is 0. The van der Waals surface area contributed by atoms with Crippen molar-refractivity contribution in [3.8, 4) is 0 Å². The summed E-state index contributed by atoms with van der Waals surface area (Å²) in [5.41, 5.74) is 5.85. The summed E-state index contributed by atoms with van der Waals surface area (Å²) in [4.78, 5) is 4.44. The lowest BCUT2D eigenvalue weighted by Gasteiger charge is -2.25. The minimum Gasteiger partial charge on any atom is -0.370 e. The summed E-state index contributed by atoms with van der Waals surface area (Å²) in [5.74, 6) is 2.24. The Morgan fingerprint density at radius 2 is 1.81 bits per heavy atom. The third-order valence-corrected chi connectivity index (χ3v) is 3.16. The lowest BCUT2D eigenvalue weighted by Crippen LogP contribution is -2.45. The van der Waals surface area contributed by atoms with E-state index in [1.165, 1.54) is 25.7 Å². The molecule has 1 aliphatic rings. The second kappa shape index (κ2) is 5.55. The van der Waals surface area contributed by atoms with Gasteiger partial charge in [0.15, 0.2) is 5.96 Å². The van der Waals surface area contributed by atoms with E-state index in [4.69, 9.17) is 5.73 Å². The zero-order valence-electron chi connectivity index (χ0n) is 11.2. The fourth-order valence-corrected chi connectivity index (χ4v) is 2.16. The first-order valence-electron chi connectivity index (χ1n) is 6.45. The SMILES string of the molecule is CC1CCC(CN=C(N)NC(C)(C)C)CC1. The van der Waals surface area contributed by atoms with E-state index in [1.807, 2.05) is 0 Å². The molecule has 0 unspecified atom stereocenters. The van der Waals surface area contributed by atoms with E-state index >= 15 is 0 Å². The monoisotopic (exact) mass is 225 g/mol. The van der Waals surface area contributed by atoms with Gasteiger partial charge in [-0.15, -0.1) is 0 Å². The number of rotatable bonds is 2. The Hall–Kier alpha value is -0.730. The maximum Gasteiger partial charge on any atom is 0.188 e. The molecule has 1 fully saturated rings. The van der Waals surface area contributed by atoms with Crippen molar-refractivity contribution >= 4 is 5.96 Å². The standard InChI is InChI=1S/C13H27N3/c1-10-5-7-11(8-6-10)9-15-12(14)16-13(2,3)4/h10-11H,5-9H2,1-4H3,(H3,14,15,16). The van der Waals surface area contributed by atoms with Crippen LogP contribution in [0.2, 0.25) is 0 Å². The average molecular weight is 225 g/mol. The highest BCUT2D eigenvalue weighted by molar-refractivity contribution is 5.78. The first kappa shape index (κ1) is 13.3. The Morgan fingerprint density at radius 3 is 2.31 bits per heavy atom. The van der Waals surface area contributed by atoms with Crippen molar-refractivity contribution in [2.45, 2.75) is 58.9 Å². The van der Waals surface area contributed by atoms with Crippen LogP contribution in [0.5, 0.6) is 0 Å². The number of hydrogen-bond donors (Lipinski definition) is 2. The van der Waals surface area contributed by atoms with Crippen LogP contribution < -0.4 is 11.1 Å². The van der Waals surface area contributed by atoms with Gasteiger partial charge in [0.25, 0.3) is 0 Å². The number of nitrogens with two attached hydrogens (primary N) is 1. The molecule has 0 aromatic carbocycles. The van der Waals surface area contributed by atoms with Crippen LogP contribution in [0.25, 0.3) is 0 Å². The third-order valence-electron chi connectivity index (χ3n) is 3.16. The summed E-state index contributed by atoms with van der Waals surface area (Å²) >= 11 is 0. The summed E-state index contributed by atoms with van der Waals surface area (Å²) in [6.07, 6.45) is 5.33. The second-order valence-electron chi connectivity index (χ2n) is 6.23. The van der Waals surface area contributed by atoms with E-state index in [1.54, 1.807) is 0 Å². The Kier molecular flexibility index (Phi) is 4.63. The number of hydrogen-bond acceptors (Lipinski definition) is 1. The summed E-state index contributed by atoms with van der Waals surface area (Å²) in [6.45, 7) is 9.52. The van der Waals surface area contributed by atoms with Gasteiger partial charge in [-0.05, 0) is 45.4 Å². The van der Waals surface area contributed by atoms with Gasteiger partial charge in [0.05, 0.1) is 0 Å². The molecular weight excluding hydrogens is 198 g/mol. The molecule has 0 amide bonds. The van der Waals surface area contributed by atoms with Crippen LogP contribution in [0.4, 0.5) is 0 Å². The molecule has 0 spiro atoms. The molecule has 1 saturated carbocycles. The van der Waals surface area contributed by atoms with Gasteiger partial charge in [-0.1, -0.05) is 19.8 Å². The molecule has 0 aromatic rings. The highest BCUT2D eigenvalue weighted by atomic mass is 15.1. The molecule has 94 valence electrons. The van der Waals surface area contributed by atoms with Gasteiger partial charge in [-0.2, -0.15) is 0 Å². The molecule has 0 aromatic heterocycles. The zero-order valence-corrected chi connectivity index (χ0v) is 11.2. The Balaban J connectivity index is 2.30. The van der Waals surface area contributed by atoms with Gasteiger partial charge in [-0.3, -0.25) is 4.99 Å². The molecule has 3 N–H and O–H groups in total. The third kappa shape index (κ3) is 5.38. The minimum atomic E-state index is 0.00859. The molecule has 0 heterocycles. The number of nitrogens with one attached hydrogen (secondary N) is 1. The predicted octanol–water partition coefficient (Wildman–Crippen LogP) is 2.52. The van der Waals surface area contributed by atoms with Gasteiger partial charge in [-0.25, -0.2) is 0 Å². The summed E-state index contributed by atoms with van der Waals surface area (Å²) in [7, 11) is 0. The van der Waals surface area contributed by atoms with Crippen molar-refractivity contribution in [2.24, 2.45) is 22.6 Å². The molecule has 0 saturated heterocycles. The van der Waals surface area contributed by atoms with E-state index in [9.17, 15) is 0 Å². The van der Waals surface area contributed by atoms with E-state index in [2.05, 4.69) is 38.0 Å². The van der Waals surface area contributed by atoms with Crippen LogP contribution in [-0.2, 0) is 0 Å². The van der Waals surface area contributed by atoms with Crippen LogP contribution in [0.3, 0.4) is 0 Å². The van der Waals surface area contributed by atoms with E-state index in [-0.39, 0.29) is 5.54 Å². The van der Waals surface area contributed by atoms with Gasteiger partial charge in [0, 0.05) is 12.1 Å². The van der Waals surface area contributed by atoms with Crippen molar-refractivity contribution in [2.75, 3.05) is 6.54 Å². The molecule has 16 heavy (non-hydrogen) atoms. The smallest absolute Gasteiger partial charge is 0.188 e. The number of aliphatic imine (C=N–C) groups is 1. The second-order valence-corrected chi connectivity index (χ2v) is 6.23. The lowest BCUT2D eigenvalue weighted by atomic mass is 9.83.